The van der Waals surface area contributed by atoms with Crippen LogP contribution < -0.4 is 10.2 Å². The second-order valence-corrected chi connectivity index (χ2v) is 7.52. The number of rotatable bonds is 4. The molecule has 0 fully saturated rings. The van der Waals surface area contributed by atoms with Gasteiger partial charge < -0.3 is 10.1 Å². The molecule has 0 aliphatic carbocycles. The molecule has 2 aromatic rings. The van der Waals surface area contributed by atoms with Crippen LogP contribution in [0.1, 0.15) is 24.1 Å². The molecule has 2 aromatic carbocycles. The topological polar surface area (TPSA) is 84.7 Å². The second kappa shape index (κ2) is 8.75. The highest BCUT2D eigenvalue weighted by Gasteiger charge is 2.37. The number of nitro benzene ring substituents is 1. The number of esters is 1. The van der Waals surface area contributed by atoms with Gasteiger partial charge in [-0.05, 0) is 49.0 Å². The fourth-order valence-corrected chi connectivity index (χ4v) is 3.90. The molecule has 0 saturated heterocycles. The molecule has 1 aliphatic rings. The molecule has 0 amide bonds. The number of carbonyl (C=O) groups is 1. The summed E-state index contributed by atoms with van der Waals surface area (Å²) in [4.78, 5) is 24.5. The fraction of sp³-hybridized carbons (Fsp3) is 0.200. The molecule has 1 N–H and O–H groups in total. The summed E-state index contributed by atoms with van der Waals surface area (Å²) in [6, 6.07) is 7.48. The Balaban J connectivity index is 2.17. The largest absolute Gasteiger partial charge is 0.466 e. The first-order chi connectivity index (χ1) is 15.0. The molecule has 0 aromatic heterocycles. The SMILES string of the molecule is COC(=O)C1=C(C)N(c2cccc(C(F)(F)F)c2)C(=S)NC1c1ccc(Cl)c([N+](=O)[O-])c1. The number of hydrogen-bond acceptors (Lipinski definition) is 5. The standard InChI is InChI=1S/C20H15ClF3N3O4S/c1-10-16(18(28)31-2)17(11-6-7-14(21)15(8-11)27(29)30)25-19(32)26(10)13-5-3-4-12(9-13)20(22,23)24/h3-9,17H,1-2H3,(H,25,32). The van der Waals surface area contributed by atoms with E-state index in [1.165, 1.54) is 42.2 Å². The molecular weight excluding hydrogens is 471 g/mol. The van der Waals surface area contributed by atoms with Crippen LogP contribution in [0.2, 0.25) is 5.02 Å². The van der Waals surface area contributed by atoms with E-state index in [0.717, 1.165) is 19.2 Å². The van der Waals surface area contributed by atoms with Crippen LogP contribution in [0.15, 0.2) is 53.7 Å². The van der Waals surface area contributed by atoms with Crippen molar-refractivity contribution in [1.29, 1.82) is 0 Å². The Kier molecular flexibility index (Phi) is 6.42. The fourth-order valence-electron chi connectivity index (χ4n) is 3.35. The van der Waals surface area contributed by atoms with Crippen LogP contribution in [-0.4, -0.2) is 23.1 Å². The van der Waals surface area contributed by atoms with Crippen molar-refractivity contribution in [3.05, 3.63) is 80.0 Å². The lowest BCUT2D eigenvalue weighted by molar-refractivity contribution is -0.384. The zero-order chi connectivity index (χ0) is 23.8. The maximum Gasteiger partial charge on any atom is 0.416 e. The lowest BCUT2D eigenvalue weighted by Gasteiger charge is -2.37. The first-order valence-corrected chi connectivity index (χ1v) is 9.75. The first kappa shape index (κ1) is 23.5. The Bertz CT molecular complexity index is 1150. The molecule has 1 aliphatic heterocycles. The van der Waals surface area contributed by atoms with Gasteiger partial charge in [-0.15, -0.1) is 0 Å². The summed E-state index contributed by atoms with van der Waals surface area (Å²) in [5, 5.41) is 14.1. The Morgan fingerprint density at radius 3 is 2.56 bits per heavy atom. The molecule has 32 heavy (non-hydrogen) atoms. The van der Waals surface area contributed by atoms with Crippen molar-refractivity contribution in [2.24, 2.45) is 0 Å². The monoisotopic (exact) mass is 485 g/mol. The van der Waals surface area contributed by atoms with E-state index in [4.69, 9.17) is 28.6 Å². The van der Waals surface area contributed by atoms with Crippen molar-refractivity contribution in [3.63, 3.8) is 0 Å². The van der Waals surface area contributed by atoms with Crippen molar-refractivity contribution in [2.75, 3.05) is 12.0 Å². The van der Waals surface area contributed by atoms with Crippen LogP contribution in [0.3, 0.4) is 0 Å². The van der Waals surface area contributed by atoms with E-state index < -0.39 is 28.7 Å². The van der Waals surface area contributed by atoms with E-state index in [-0.39, 0.29) is 32.8 Å². The molecule has 1 atom stereocenters. The number of alkyl halides is 3. The van der Waals surface area contributed by atoms with E-state index in [9.17, 15) is 28.1 Å². The molecule has 1 unspecified atom stereocenters. The van der Waals surface area contributed by atoms with Gasteiger partial charge in [0.2, 0.25) is 0 Å². The third kappa shape index (κ3) is 4.39. The Hall–Kier alpha value is -3.18. The number of hydrogen-bond donors (Lipinski definition) is 1. The highest BCUT2D eigenvalue weighted by molar-refractivity contribution is 7.80. The van der Waals surface area contributed by atoms with Gasteiger partial charge in [0, 0.05) is 17.5 Å². The summed E-state index contributed by atoms with van der Waals surface area (Å²) in [5.41, 5.74) is -0.652. The van der Waals surface area contributed by atoms with Gasteiger partial charge in [-0.3, -0.25) is 15.0 Å². The first-order valence-electron chi connectivity index (χ1n) is 8.96. The molecule has 0 spiro atoms. The minimum absolute atomic E-state index is 0.00270. The Morgan fingerprint density at radius 2 is 1.97 bits per heavy atom. The molecule has 12 heteroatoms. The molecule has 7 nitrogen and oxygen atoms in total. The van der Waals surface area contributed by atoms with Crippen molar-refractivity contribution in [1.82, 2.24) is 5.32 Å². The summed E-state index contributed by atoms with van der Waals surface area (Å²) in [6.07, 6.45) is -4.57. The van der Waals surface area contributed by atoms with Crippen LogP contribution in [0.25, 0.3) is 0 Å². The average Bonchev–Trinajstić information content (AvgIpc) is 2.72. The predicted molar refractivity (Wildman–Crippen MR) is 115 cm³/mol. The Morgan fingerprint density at radius 1 is 1.28 bits per heavy atom. The highest BCUT2D eigenvalue weighted by Crippen LogP contribution is 2.38. The second-order valence-electron chi connectivity index (χ2n) is 6.72. The van der Waals surface area contributed by atoms with E-state index in [1.54, 1.807) is 0 Å². The van der Waals surface area contributed by atoms with Crippen LogP contribution in [0.4, 0.5) is 24.5 Å². The number of methoxy groups -OCH3 is 1. The highest BCUT2D eigenvalue weighted by atomic mass is 35.5. The lowest BCUT2D eigenvalue weighted by atomic mass is 9.94. The molecule has 1 heterocycles. The zero-order valence-electron chi connectivity index (χ0n) is 16.6. The van der Waals surface area contributed by atoms with Crippen LogP contribution >= 0.6 is 23.8 Å². The van der Waals surface area contributed by atoms with Crippen LogP contribution in [0.5, 0.6) is 0 Å². The zero-order valence-corrected chi connectivity index (χ0v) is 18.1. The summed E-state index contributed by atoms with van der Waals surface area (Å²) in [5.74, 6) is -0.780. The molecule has 0 radical (unpaired) electrons. The maximum atomic E-state index is 13.2. The predicted octanol–water partition coefficient (Wildman–Crippen LogP) is 5.15. The number of ether oxygens (including phenoxy) is 1. The van der Waals surface area contributed by atoms with Gasteiger partial charge in [-0.2, -0.15) is 13.2 Å². The quantitative estimate of drug-likeness (QED) is 0.277. The van der Waals surface area contributed by atoms with Gasteiger partial charge in [-0.1, -0.05) is 23.7 Å². The van der Waals surface area contributed by atoms with Crippen molar-refractivity contribution >= 4 is 46.3 Å². The van der Waals surface area contributed by atoms with Crippen LogP contribution in [0, 0.1) is 10.1 Å². The maximum absolute atomic E-state index is 13.2. The number of benzene rings is 2. The van der Waals surface area contributed by atoms with Gasteiger partial charge in [0.05, 0.1) is 29.2 Å². The number of allylic oxidation sites excluding steroid dienone is 1. The van der Waals surface area contributed by atoms with Crippen molar-refractivity contribution in [3.8, 4) is 0 Å². The van der Waals surface area contributed by atoms with Gasteiger partial charge in [0.1, 0.15) is 5.02 Å². The minimum Gasteiger partial charge on any atom is -0.466 e. The number of anilines is 1. The number of halogens is 4. The van der Waals surface area contributed by atoms with Gasteiger partial charge >= 0.3 is 12.1 Å². The molecule has 0 saturated carbocycles. The van der Waals surface area contributed by atoms with Crippen molar-refractivity contribution < 1.29 is 27.6 Å². The molecular formula is C20H15ClF3N3O4S. The van der Waals surface area contributed by atoms with E-state index in [1.807, 2.05) is 0 Å². The van der Waals surface area contributed by atoms with E-state index >= 15 is 0 Å². The third-order valence-corrected chi connectivity index (χ3v) is 5.44. The normalized spacial score (nSPS) is 16.6. The number of nitrogens with one attached hydrogen (secondary N) is 1. The average molecular weight is 486 g/mol. The van der Waals surface area contributed by atoms with Gasteiger partial charge in [0.15, 0.2) is 5.11 Å². The minimum atomic E-state index is -4.57. The number of thiocarbonyl (C=S) groups is 1. The summed E-state index contributed by atoms with van der Waals surface area (Å²) in [6.45, 7) is 1.50. The third-order valence-electron chi connectivity index (χ3n) is 4.82. The Labute approximate surface area is 190 Å². The van der Waals surface area contributed by atoms with Gasteiger partial charge in [0.25, 0.3) is 5.69 Å². The number of carbonyl (C=O) groups excluding carboxylic acids is 1. The van der Waals surface area contributed by atoms with E-state index in [2.05, 4.69) is 5.32 Å². The smallest absolute Gasteiger partial charge is 0.416 e. The summed E-state index contributed by atoms with van der Waals surface area (Å²) >= 11 is 11.3. The molecule has 168 valence electrons. The van der Waals surface area contributed by atoms with E-state index in [0.29, 0.717) is 5.56 Å². The molecule has 3 rings (SSSR count). The lowest BCUT2D eigenvalue weighted by Crippen LogP contribution is -2.48. The van der Waals surface area contributed by atoms with Gasteiger partial charge in [-0.25, -0.2) is 4.79 Å². The number of nitro groups is 1. The summed E-state index contributed by atoms with van der Waals surface area (Å²) < 4.78 is 44.4. The summed E-state index contributed by atoms with van der Waals surface area (Å²) in [7, 11) is 1.14. The van der Waals surface area contributed by atoms with Crippen molar-refractivity contribution in [2.45, 2.75) is 19.1 Å². The molecule has 0 bridgehead atoms. The number of nitrogens with zero attached hydrogens (tertiary/aromatic N) is 2. The van der Waals surface area contributed by atoms with Crippen LogP contribution in [-0.2, 0) is 15.7 Å².